The minimum atomic E-state index is -0.570. The third-order valence-electron chi connectivity index (χ3n) is 5.42. The smallest absolute Gasteiger partial charge is 0.363 e. The zero-order valence-corrected chi connectivity index (χ0v) is 19.2. The molecule has 5 aromatic rings. The molecule has 35 heavy (non-hydrogen) atoms. The number of ether oxygens (including phenoxy) is 2. The molecule has 5 rings (SSSR count). The number of nitrogens with zero attached hydrogens (tertiary/aromatic N) is 3. The summed E-state index contributed by atoms with van der Waals surface area (Å²) in [6.07, 6.45) is 1.80. The first-order chi connectivity index (χ1) is 17.1. The van der Waals surface area contributed by atoms with Gasteiger partial charge in [-0.05, 0) is 42.3 Å². The molecule has 0 fully saturated rings. The van der Waals surface area contributed by atoms with Crippen molar-refractivity contribution in [1.29, 1.82) is 0 Å². The normalized spacial score (nSPS) is 10.8. The average Bonchev–Trinajstić information content (AvgIpc) is 3.33. The van der Waals surface area contributed by atoms with Crippen LogP contribution in [-0.4, -0.2) is 20.6 Å². The predicted octanol–water partition coefficient (Wildman–Crippen LogP) is 6.33. The summed E-state index contributed by atoms with van der Waals surface area (Å²) in [7, 11) is 0. The molecule has 0 amide bonds. The van der Waals surface area contributed by atoms with Crippen LogP contribution in [0.3, 0.4) is 0 Å². The Kier molecular flexibility index (Phi) is 6.09. The quantitative estimate of drug-likeness (QED) is 0.209. The van der Waals surface area contributed by atoms with Crippen LogP contribution < -0.4 is 4.74 Å². The van der Waals surface area contributed by atoms with Gasteiger partial charge in [-0.25, -0.2) is 14.3 Å². The molecule has 0 saturated carbocycles. The number of benzene rings is 3. The zero-order chi connectivity index (χ0) is 24.2. The van der Waals surface area contributed by atoms with Crippen LogP contribution in [0.15, 0.2) is 110 Å². The molecule has 172 valence electrons. The summed E-state index contributed by atoms with van der Waals surface area (Å²) in [6, 6.07) is 29.4. The minimum absolute atomic E-state index is 0.162. The van der Waals surface area contributed by atoms with E-state index in [1.54, 1.807) is 23.7 Å². The lowest BCUT2D eigenvalue weighted by molar-refractivity contribution is 0.0621. The first-order valence-corrected chi connectivity index (χ1v) is 11.2. The van der Waals surface area contributed by atoms with Crippen LogP contribution in [0.1, 0.15) is 23.0 Å². The Hall–Kier alpha value is -4.71. The topological polar surface area (TPSA) is 65.7 Å². The van der Waals surface area contributed by atoms with Crippen molar-refractivity contribution in [3.63, 3.8) is 0 Å². The first-order valence-electron chi connectivity index (χ1n) is 11.2. The van der Waals surface area contributed by atoms with Gasteiger partial charge in [0.25, 0.3) is 0 Å². The molecule has 0 unspecified atom stereocenters. The maximum absolute atomic E-state index is 12.5. The van der Waals surface area contributed by atoms with Gasteiger partial charge in [0.05, 0.1) is 11.5 Å². The summed E-state index contributed by atoms with van der Waals surface area (Å²) in [5.41, 5.74) is 5.40. The lowest BCUT2D eigenvalue weighted by atomic mass is 10.0. The Morgan fingerprint density at radius 2 is 1.60 bits per heavy atom. The lowest BCUT2D eigenvalue weighted by Crippen LogP contribution is -2.05. The molecule has 0 N–H and O–H groups in total. The van der Waals surface area contributed by atoms with E-state index in [1.165, 1.54) is 0 Å². The standard InChI is InChI=1S/C29H23N3O3/c1-20(2)35-29(33)26-17-27-30-18-25(22-11-7-4-8-12-22)28(32(27)31-26)23-13-15-24(16-14-23)34-19-21-9-5-3-6-10-21/h3-18H,1,19H2,2H3. The minimum Gasteiger partial charge on any atom is -0.489 e. The molecule has 6 nitrogen and oxygen atoms in total. The van der Waals surface area contributed by atoms with Crippen molar-refractivity contribution in [3.8, 4) is 28.1 Å². The molecule has 3 aromatic carbocycles. The van der Waals surface area contributed by atoms with Gasteiger partial charge in [-0.3, -0.25) is 0 Å². The number of esters is 1. The summed E-state index contributed by atoms with van der Waals surface area (Å²) >= 11 is 0. The highest BCUT2D eigenvalue weighted by molar-refractivity contribution is 5.90. The Bertz CT molecular complexity index is 1490. The second-order valence-corrected chi connectivity index (χ2v) is 8.08. The highest BCUT2D eigenvalue weighted by Gasteiger charge is 2.19. The van der Waals surface area contributed by atoms with E-state index in [9.17, 15) is 4.79 Å². The second-order valence-electron chi connectivity index (χ2n) is 8.08. The van der Waals surface area contributed by atoms with E-state index in [2.05, 4.69) is 16.7 Å². The molecule has 6 heteroatoms. The van der Waals surface area contributed by atoms with Crippen LogP contribution in [0.2, 0.25) is 0 Å². The van der Waals surface area contributed by atoms with E-state index in [0.29, 0.717) is 18.0 Å². The van der Waals surface area contributed by atoms with Gasteiger partial charge in [0.15, 0.2) is 11.3 Å². The van der Waals surface area contributed by atoms with Crippen molar-refractivity contribution in [3.05, 3.63) is 121 Å². The zero-order valence-electron chi connectivity index (χ0n) is 19.2. The fraction of sp³-hybridized carbons (Fsp3) is 0.0690. The average molecular weight is 462 g/mol. The summed E-state index contributed by atoms with van der Waals surface area (Å²) in [5, 5.41) is 4.53. The highest BCUT2D eigenvalue weighted by atomic mass is 16.5. The molecule has 0 aliphatic heterocycles. The molecule has 0 aliphatic carbocycles. The van der Waals surface area contributed by atoms with Gasteiger partial charge in [0, 0.05) is 23.4 Å². The van der Waals surface area contributed by atoms with Crippen LogP contribution in [0.4, 0.5) is 0 Å². The molecule has 0 radical (unpaired) electrons. The molecule has 2 aromatic heterocycles. The predicted molar refractivity (Wildman–Crippen MR) is 135 cm³/mol. The number of rotatable bonds is 7. The lowest BCUT2D eigenvalue weighted by Gasteiger charge is -2.13. The van der Waals surface area contributed by atoms with E-state index < -0.39 is 5.97 Å². The van der Waals surface area contributed by atoms with Gasteiger partial charge in [-0.15, -0.1) is 0 Å². The van der Waals surface area contributed by atoms with Crippen molar-refractivity contribution in [2.75, 3.05) is 0 Å². The molecule has 0 aliphatic rings. The largest absolute Gasteiger partial charge is 0.489 e. The van der Waals surface area contributed by atoms with E-state index in [-0.39, 0.29) is 5.69 Å². The molecular formula is C29H23N3O3. The SMILES string of the molecule is C=C(C)OC(=O)c1cc2ncc(-c3ccccc3)c(-c3ccc(OCc4ccccc4)cc3)n2n1. The Labute approximate surface area is 203 Å². The van der Waals surface area contributed by atoms with Gasteiger partial charge in [0.2, 0.25) is 0 Å². The molecule has 0 saturated heterocycles. The third-order valence-corrected chi connectivity index (χ3v) is 5.42. The van der Waals surface area contributed by atoms with E-state index in [4.69, 9.17) is 9.47 Å². The number of carbonyl (C=O) groups excluding carboxylic acids is 1. The Morgan fingerprint density at radius 1 is 0.914 bits per heavy atom. The monoisotopic (exact) mass is 461 g/mol. The van der Waals surface area contributed by atoms with Crippen molar-refractivity contribution < 1.29 is 14.3 Å². The van der Waals surface area contributed by atoms with Crippen molar-refractivity contribution in [2.24, 2.45) is 0 Å². The molecule has 2 heterocycles. The molecule has 0 bridgehead atoms. The second kappa shape index (κ2) is 9.65. The highest BCUT2D eigenvalue weighted by Crippen LogP contribution is 2.33. The number of allylic oxidation sites excluding steroid dienone is 1. The fourth-order valence-corrected chi connectivity index (χ4v) is 3.80. The number of hydrogen-bond donors (Lipinski definition) is 0. The van der Waals surface area contributed by atoms with E-state index in [0.717, 1.165) is 33.7 Å². The van der Waals surface area contributed by atoms with Gasteiger partial charge in [0.1, 0.15) is 12.4 Å². The van der Waals surface area contributed by atoms with Gasteiger partial charge in [-0.1, -0.05) is 67.2 Å². The summed E-state index contributed by atoms with van der Waals surface area (Å²) in [6.45, 7) is 5.74. The van der Waals surface area contributed by atoms with Gasteiger partial charge >= 0.3 is 5.97 Å². The Balaban J connectivity index is 1.55. The number of fused-ring (bicyclic) bond motifs is 1. The number of hydrogen-bond acceptors (Lipinski definition) is 5. The third kappa shape index (κ3) is 4.82. The van der Waals surface area contributed by atoms with Crippen LogP contribution in [0.5, 0.6) is 5.75 Å². The van der Waals surface area contributed by atoms with Crippen LogP contribution in [-0.2, 0) is 11.3 Å². The van der Waals surface area contributed by atoms with Crippen molar-refractivity contribution in [1.82, 2.24) is 14.6 Å². The van der Waals surface area contributed by atoms with E-state index in [1.807, 2.05) is 84.9 Å². The van der Waals surface area contributed by atoms with Crippen LogP contribution in [0.25, 0.3) is 28.0 Å². The van der Waals surface area contributed by atoms with E-state index >= 15 is 0 Å². The maximum atomic E-state index is 12.5. The molecule has 0 atom stereocenters. The summed E-state index contributed by atoms with van der Waals surface area (Å²) in [4.78, 5) is 17.0. The maximum Gasteiger partial charge on any atom is 0.363 e. The van der Waals surface area contributed by atoms with Crippen molar-refractivity contribution in [2.45, 2.75) is 13.5 Å². The molecular weight excluding hydrogens is 438 g/mol. The summed E-state index contributed by atoms with van der Waals surface area (Å²) < 4.78 is 12.8. The number of carbonyl (C=O) groups is 1. The van der Waals surface area contributed by atoms with Crippen LogP contribution in [0, 0.1) is 0 Å². The first kappa shape index (κ1) is 22.1. The van der Waals surface area contributed by atoms with Crippen LogP contribution >= 0.6 is 0 Å². The molecule has 0 spiro atoms. The van der Waals surface area contributed by atoms with Gasteiger partial charge in [-0.2, -0.15) is 5.10 Å². The summed E-state index contributed by atoms with van der Waals surface area (Å²) in [5.74, 6) is 0.492. The fourth-order valence-electron chi connectivity index (χ4n) is 3.80. The van der Waals surface area contributed by atoms with Gasteiger partial charge < -0.3 is 9.47 Å². The van der Waals surface area contributed by atoms with Crippen molar-refractivity contribution >= 4 is 11.6 Å². The Morgan fingerprint density at radius 3 is 2.29 bits per heavy atom. The number of aromatic nitrogens is 3.